The predicted octanol–water partition coefficient (Wildman–Crippen LogP) is 3.97. The molecule has 0 fully saturated rings. The Labute approximate surface area is 184 Å². The van der Waals surface area contributed by atoms with Crippen molar-refractivity contribution in [1.82, 2.24) is 9.55 Å². The van der Waals surface area contributed by atoms with Gasteiger partial charge in [-0.05, 0) is 23.3 Å². The van der Waals surface area contributed by atoms with Crippen molar-refractivity contribution in [3.8, 4) is 5.75 Å². The van der Waals surface area contributed by atoms with Crippen molar-refractivity contribution < 1.29 is 9.84 Å². The van der Waals surface area contributed by atoms with Gasteiger partial charge in [-0.2, -0.15) is 0 Å². The molecule has 1 unspecified atom stereocenters. The van der Waals surface area contributed by atoms with Crippen LogP contribution in [0.25, 0.3) is 11.0 Å². The fourth-order valence-corrected chi connectivity index (χ4v) is 4.94. The van der Waals surface area contributed by atoms with Gasteiger partial charge in [0.25, 0.3) is 4.90 Å². The number of fused-ring (bicyclic) bond motifs is 1. The molecule has 31 heavy (non-hydrogen) atoms. The Morgan fingerprint density at radius 1 is 0.968 bits per heavy atom. The summed E-state index contributed by atoms with van der Waals surface area (Å²) in [5.41, 5.74) is 2.43. The number of benzene rings is 2. The zero-order valence-corrected chi connectivity index (χ0v) is 18.2. The van der Waals surface area contributed by atoms with Crippen LogP contribution in [-0.4, -0.2) is 33.3 Å². The van der Waals surface area contributed by atoms with E-state index in [4.69, 9.17) is 4.74 Å². The van der Waals surface area contributed by atoms with Gasteiger partial charge in [0.1, 0.15) is 17.7 Å². The highest BCUT2D eigenvalue weighted by Gasteiger charge is 2.29. The Hall–Kier alpha value is -3.09. The van der Waals surface area contributed by atoms with Crippen molar-refractivity contribution in [3.05, 3.63) is 100 Å². The summed E-state index contributed by atoms with van der Waals surface area (Å²) in [5.74, 6) is 0.693. The average molecular weight is 434 g/mol. The minimum atomic E-state index is -0.475. The van der Waals surface area contributed by atoms with Crippen molar-refractivity contribution in [2.45, 2.75) is 18.0 Å². The van der Waals surface area contributed by atoms with E-state index in [1.54, 1.807) is 16.8 Å². The summed E-state index contributed by atoms with van der Waals surface area (Å²) in [6.45, 7) is 1.45. The van der Waals surface area contributed by atoms with E-state index in [0.29, 0.717) is 41.4 Å². The number of rotatable bonds is 8. The summed E-state index contributed by atoms with van der Waals surface area (Å²) >= 11 is 0. The highest BCUT2D eigenvalue weighted by Crippen LogP contribution is 2.29. The number of hydrogen-bond donors (Lipinski definition) is 1. The standard InChI is InChI=1S/C25H24N2O3S/c1-31(16-15-30-18-20-11-6-3-7-12-20)23-22(28)21-13-8-14-26-24(21)27(25(23)29)17-19-9-4-2-5-10-19/h2-14H,15-18H2,1H3/p+1. The van der Waals surface area contributed by atoms with Crippen LogP contribution in [0.1, 0.15) is 11.1 Å². The molecule has 5 nitrogen and oxygen atoms in total. The number of ether oxygens (including phenoxy) is 1. The number of aromatic hydroxyl groups is 1. The molecule has 158 valence electrons. The second kappa shape index (κ2) is 9.81. The van der Waals surface area contributed by atoms with E-state index in [1.807, 2.05) is 73.0 Å². The summed E-state index contributed by atoms with van der Waals surface area (Å²) in [4.78, 5) is 18.3. The Balaban J connectivity index is 1.60. The Morgan fingerprint density at radius 2 is 1.65 bits per heavy atom. The first kappa shape index (κ1) is 21.2. The maximum atomic E-state index is 13.4. The first-order valence-corrected chi connectivity index (χ1v) is 11.9. The first-order valence-electron chi connectivity index (χ1n) is 10.1. The van der Waals surface area contributed by atoms with Gasteiger partial charge in [-0.25, -0.2) is 4.98 Å². The molecule has 2 aromatic heterocycles. The molecule has 0 saturated carbocycles. The topological polar surface area (TPSA) is 64.3 Å². The lowest BCUT2D eigenvalue weighted by atomic mass is 10.2. The van der Waals surface area contributed by atoms with Crippen molar-refractivity contribution >= 4 is 21.9 Å². The van der Waals surface area contributed by atoms with Gasteiger partial charge >= 0.3 is 5.56 Å². The lowest BCUT2D eigenvalue weighted by Crippen LogP contribution is -2.29. The maximum absolute atomic E-state index is 13.4. The average Bonchev–Trinajstić information content (AvgIpc) is 2.81. The van der Waals surface area contributed by atoms with E-state index in [1.165, 1.54) is 0 Å². The van der Waals surface area contributed by atoms with Crippen molar-refractivity contribution in [1.29, 1.82) is 0 Å². The quantitative estimate of drug-likeness (QED) is 0.337. The molecule has 1 atom stereocenters. The van der Waals surface area contributed by atoms with Crippen molar-refractivity contribution in [2.75, 3.05) is 18.6 Å². The molecule has 0 aliphatic rings. The second-order valence-corrected chi connectivity index (χ2v) is 9.40. The van der Waals surface area contributed by atoms with Crippen LogP contribution in [0.2, 0.25) is 0 Å². The minimum Gasteiger partial charge on any atom is -0.503 e. The van der Waals surface area contributed by atoms with E-state index in [9.17, 15) is 9.90 Å². The molecule has 0 amide bonds. The van der Waals surface area contributed by atoms with Gasteiger partial charge in [0, 0.05) is 17.1 Å². The van der Waals surface area contributed by atoms with Crippen LogP contribution < -0.4 is 5.56 Å². The molecule has 6 heteroatoms. The van der Waals surface area contributed by atoms with Crippen LogP contribution >= 0.6 is 0 Å². The van der Waals surface area contributed by atoms with E-state index in [2.05, 4.69) is 4.98 Å². The van der Waals surface area contributed by atoms with Crippen LogP contribution in [-0.2, 0) is 28.8 Å². The number of hydrogen-bond acceptors (Lipinski definition) is 4. The van der Waals surface area contributed by atoms with Crippen LogP contribution in [0.4, 0.5) is 0 Å². The molecular formula is C25H25N2O3S+. The summed E-state index contributed by atoms with van der Waals surface area (Å²) in [5, 5.41) is 11.5. The van der Waals surface area contributed by atoms with Crippen molar-refractivity contribution in [2.24, 2.45) is 0 Å². The van der Waals surface area contributed by atoms with Gasteiger partial charge in [-0.3, -0.25) is 9.36 Å². The summed E-state index contributed by atoms with van der Waals surface area (Å²) in [6.07, 6.45) is 3.63. The van der Waals surface area contributed by atoms with E-state index in [0.717, 1.165) is 11.1 Å². The summed E-state index contributed by atoms with van der Waals surface area (Å²) in [6, 6.07) is 23.4. The molecule has 0 spiro atoms. The van der Waals surface area contributed by atoms with Gasteiger partial charge in [0.15, 0.2) is 5.75 Å². The van der Waals surface area contributed by atoms with Gasteiger partial charge in [0.05, 0.1) is 25.1 Å². The molecular weight excluding hydrogens is 408 g/mol. The Bertz CT molecular complexity index is 1210. The lowest BCUT2D eigenvalue weighted by molar-refractivity contribution is 0.136. The second-order valence-electron chi connectivity index (χ2n) is 7.31. The SMILES string of the molecule is C[S+](CCOCc1ccccc1)c1c(O)c2cccnc2n(Cc2ccccc2)c1=O. The maximum Gasteiger partial charge on any atom is 0.311 e. The molecule has 0 saturated heterocycles. The molecule has 2 heterocycles. The first-order chi connectivity index (χ1) is 15.1. The Kier molecular flexibility index (Phi) is 6.70. The van der Waals surface area contributed by atoms with E-state index >= 15 is 0 Å². The molecule has 4 aromatic rings. The molecule has 2 aromatic carbocycles. The third kappa shape index (κ3) is 4.81. The van der Waals surface area contributed by atoms with Crippen LogP contribution in [0.5, 0.6) is 5.75 Å². The fraction of sp³-hybridized carbons (Fsp3) is 0.200. The lowest BCUT2D eigenvalue weighted by Gasteiger charge is -2.13. The third-order valence-corrected chi connectivity index (χ3v) is 6.97. The van der Waals surface area contributed by atoms with Gasteiger partial charge in [-0.1, -0.05) is 60.7 Å². The van der Waals surface area contributed by atoms with E-state index in [-0.39, 0.29) is 11.3 Å². The zero-order valence-electron chi connectivity index (χ0n) is 17.4. The van der Waals surface area contributed by atoms with Crippen molar-refractivity contribution in [3.63, 3.8) is 0 Å². The van der Waals surface area contributed by atoms with Gasteiger partial charge in [-0.15, -0.1) is 0 Å². The van der Waals surface area contributed by atoms with E-state index < -0.39 is 10.9 Å². The van der Waals surface area contributed by atoms with Gasteiger partial charge in [0.2, 0.25) is 0 Å². The van der Waals surface area contributed by atoms with Crippen LogP contribution in [0.15, 0.2) is 88.7 Å². The number of aromatic nitrogens is 2. The number of pyridine rings is 2. The molecule has 0 aliphatic carbocycles. The van der Waals surface area contributed by atoms with Gasteiger partial charge < -0.3 is 9.84 Å². The van der Waals surface area contributed by atoms with Crippen LogP contribution in [0.3, 0.4) is 0 Å². The summed E-state index contributed by atoms with van der Waals surface area (Å²) in [7, 11) is -0.475. The highest BCUT2D eigenvalue weighted by atomic mass is 32.2. The van der Waals surface area contributed by atoms with Crippen LogP contribution in [0, 0.1) is 0 Å². The minimum absolute atomic E-state index is 0.0336. The molecule has 0 bridgehead atoms. The summed E-state index contributed by atoms with van der Waals surface area (Å²) < 4.78 is 7.47. The third-order valence-electron chi connectivity index (χ3n) is 5.13. The molecule has 4 rings (SSSR count). The number of nitrogens with zero attached hydrogens (tertiary/aromatic N) is 2. The smallest absolute Gasteiger partial charge is 0.311 e. The largest absolute Gasteiger partial charge is 0.503 e. The molecule has 0 radical (unpaired) electrons. The molecule has 1 N–H and O–H groups in total. The monoisotopic (exact) mass is 433 g/mol. The normalized spacial score (nSPS) is 12.2. The molecule has 0 aliphatic heterocycles. The fourth-order valence-electron chi connectivity index (χ4n) is 3.52. The Morgan fingerprint density at radius 3 is 2.35 bits per heavy atom. The predicted molar refractivity (Wildman–Crippen MR) is 126 cm³/mol. The highest BCUT2D eigenvalue weighted by molar-refractivity contribution is 7.96. The zero-order chi connectivity index (χ0) is 21.6.